The summed E-state index contributed by atoms with van der Waals surface area (Å²) < 4.78 is 1.98. The number of aromatic nitrogens is 2. The fourth-order valence-electron chi connectivity index (χ4n) is 3.86. The van der Waals surface area contributed by atoms with Crippen molar-refractivity contribution >= 4 is 17.2 Å². The predicted molar refractivity (Wildman–Crippen MR) is 95.0 cm³/mol. The van der Waals surface area contributed by atoms with Crippen molar-refractivity contribution in [2.45, 2.75) is 45.3 Å². The van der Waals surface area contributed by atoms with Crippen molar-refractivity contribution in [2.24, 2.45) is 0 Å². The van der Waals surface area contributed by atoms with E-state index in [2.05, 4.69) is 39.5 Å². The minimum absolute atomic E-state index is 0.278. The number of hydrogen-bond acceptors (Lipinski definition) is 4. The maximum Gasteiger partial charge on any atom is 0.237 e. The number of likely N-dealkylation sites (tertiary alicyclic amines) is 1. The Kier molecular flexibility index (Phi) is 4.41. The first kappa shape index (κ1) is 15.8. The van der Waals surface area contributed by atoms with Gasteiger partial charge >= 0.3 is 0 Å². The molecule has 0 saturated carbocycles. The first-order valence-corrected chi connectivity index (χ1v) is 9.63. The third-order valence-corrected chi connectivity index (χ3v) is 6.13. The van der Waals surface area contributed by atoms with Crippen molar-refractivity contribution in [3.8, 4) is 0 Å². The van der Waals surface area contributed by atoms with Gasteiger partial charge in [-0.05, 0) is 48.8 Å². The lowest BCUT2D eigenvalue weighted by molar-refractivity contribution is -0.133. The van der Waals surface area contributed by atoms with Crippen molar-refractivity contribution in [2.75, 3.05) is 19.6 Å². The van der Waals surface area contributed by atoms with Gasteiger partial charge in [-0.15, -0.1) is 11.3 Å². The van der Waals surface area contributed by atoms with Crippen LogP contribution in [0.25, 0.3) is 0 Å². The summed E-state index contributed by atoms with van der Waals surface area (Å²) >= 11 is 1.84. The molecule has 0 spiro atoms. The molecule has 4 heterocycles. The van der Waals surface area contributed by atoms with E-state index in [1.807, 2.05) is 22.2 Å². The topological polar surface area (TPSA) is 41.4 Å². The highest BCUT2D eigenvalue weighted by atomic mass is 32.1. The molecule has 0 aromatic carbocycles. The van der Waals surface area contributed by atoms with Gasteiger partial charge in [-0.2, -0.15) is 5.10 Å². The molecule has 2 aromatic rings. The van der Waals surface area contributed by atoms with E-state index in [-0.39, 0.29) is 5.91 Å². The van der Waals surface area contributed by atoms with Crippen molar-refractivity contribution in [3.05, 3.63) is 39.8 Å². The fraction of sp³-hybridized carbons (Fsp3) is 0.556. The van der Waals surface area contributed by atoms with Crippen molar-refractivity contribution in [1.82, 2.24) is 19.6 Å². The molecule has 2 aliphatic heterocycles. The maximum absolute atomic E-state index is 12.8. The van der Waals surface area contributed by atoms with Gasteiger partial charge in [0, 0.05) is 30.7 Å². The highest BCUT2D eigenvalue weighted by Crippen LogP contribution is 2.25. The Hall–Kier alpha value is -1.66. The first-order valence-electron chi connectivity index (χ1n) is 8.75. The van der Waals surface area contributed by atoms with E-state index in [4.69, 9.17) is 0 Å². The summed E-state index contributed by atoms with van der Waals surface area (Å²) in [4.78, 5) is 18.7. The van der Waals surface area contributed by atoms with Crippen LogP contribution in [0.1, 0.15) is 28.8 Å². The smallest absolute Gasteiger partial charge is 0.237 e. The van der Waals surface area contributed by atoms with Crippen LogP contribution in [0.2, 0.25) is 0 Å². The Morgan fingerprint density at radius 2 is 2.33 bits per heavy atom. The Balaban J connectivity index is 1.37. The van der Waals surface area contributed by atoms with Gasteiger partial charge in [-0.25, -0.2) is 0 Å². The fourth-order valence-corrected chi connectivity index (χ4v) is 4.75. The van der Waals surface area contributed by atoms with Crippen LogP contribution in [0, 0.1) is 6.92 Å². The number of aryl methyl sites for hydroxylation is 1. The molecule has 1 atom stereocenters. The summed E-state index contributed by atoms with van der Waals surface area (Å²) in [6.45, 7) is 6.22. The van der Waals surface area contributed by atoms with E-state index in [9.17, 15) is 4.79 Å². The number of nitrogens with zero attached hydrogens (tertiary/aromatic N) is 4. The van der Waals surface area contributed by atoms with Crippen LogP contribution in [0.3, 0.4) is 0 Å². The second-order valence-corrected chi connectivity index (χ2v) is 7.95. The molecule has 0 radical (unpaired) electrons. The monoisotopic (exact) mass is 344 g/mol. The van der Waals surface area contributed by atoms with Crippen LogP contribution >= 0.6 is 11.3 Å². The highest BCUT2D eigenvalue weighted by Gasteiger charge is 2.30. The summed E-state index contributed by atoms with van der Waals surface area (Å²) in [6, 6.07) is 2.49. The van der Waals surface area contributed by atoms with Gasteiger partial charge in [-0.3, -0.25) is 14.4 Å². The van der Waals surface area contributed by atoms with E-state index in [0.29, 0.717) is 12.6 Å². The summed E-state index contributed by atoms with van der Waals surface area (Å²) in [5.41, 5.74) is 2.58. The predicted octanol–water partition coefficient (Wildman–Crippen LogP) is 2.30. The van der Waals surface area contributed by atoms with Gasteiger partial charge in [-0.1, -0.05) is 0 Å². The molecule has 1 saturated heterocycles. The normalized spacial score (nSPS) is 21.2. The molecule has 0 aliphatic carbocycles. The molecule has 1 amide bonds. The van der Waals surface area contributed by atoms with Crippen molar-refractivity contribution in [3.63, 3.8) is 0 Å². The van der Waals surface area contributed by atoms with Gasteiger partial charge < -0.3 is 4.90 Å². The summed E-state index contributed by atoms with van der Waals surface area (Å²) in [5, 5.41) is 6.54. The lowest BCUT2D eigenvalue weighted by Gasteiger charge is -2.30. The van der Waals surface area contributed by atoms with Crippen molar-refractivity contribution < 1.29 is 4.79 Å². The van der Waals surface area contributed by atoms with E-state index in [1.54, 1.807) is 0 Å². The molecule has 6 heteroatoms. The van der Waals surface area contributed by atoms with E-state index < -0.39 is 0 Å². The first-order chi connectivity index (χ1) is 11.7. The quantitative estimate of drug-likeness (QED) is 0.855. The minimum Gasteiger partial charge on any atom is -0.337 e. The Labute approximate surface area is 146 Å². The molecule has 128 valence electrons. The third-order valence-electron chi connectivity index (χ3n) is 5.10. The van der Waals surface area contributed by atoms with Crippen molar-refractivity contribution in [1.29, 1.82) is 0 Å². The molecule has 1 fully saturated rings. The zero-order valence-corrected chi connectivity index (χ0v) is 15.0. The molecule has 2 aromatic heterocycles. The van der Waals surface area contributed by atoms with Crippen LogP contribution in [-0.2, 0) is 24.3 Å². The zero-order valence-electron chi connectivity index (χ0n) is 14.1. The number of thiophene rings is 1. The summed E-state index contributed by atoms with van der Waals surface area (Å²) in [5.74, 6) is 0.278. The molecule has 0 unspecified atom stereocenters. The number of carbonyl (C=O) groups excluding carboxylic acids is 1. The Bertz CT molecular complexity index is 722. The van der Waals surface area contributed by atoms with Gasteiger partial charge in [0.05, 0.1) is 25.3 Å². The maximum atomic E-state index is 12.8. The number of amides is 1. The van der Waals surface area contributed by atoms with Gasteiger partial charge in [0.25, 0.3) is 0 Å². The molecule has 24 heavy (non-hydrogen) atoms. The van der Waals surface area contributed by atoms with Crippen LogP contribution in [0.15, 0.2) is 23.8 Å². The second kappa shape index (κ2) is 6.69. The number of hydrogen-bond donors (Lipinski definition) is 0. The summed E-state index contributed by atoms with van der Waals surface area (Å²) in [7, 11) is 0. The zero-order chi connectivity index (χ0) is 16.5. The third kappa shape index (κ3) is 3.26. The van der Waals surface area contributed by atoms with Gasteiger partial charge in [0.1, 0.15) is 0 Å². The molecule has 4 rings (SSSR count). The van der Waals surface area contributed by atoms with Gasteiger partial charge in [0.2, 0.25) is 5.91 Å². The highest BCUT2D eigenvalue weighted by molar-refractivity contribution is 7.10. The van der Waals surface area contributed by atoms with Crippen LogP contribution < -0.4 is 0 Å². The van der Waals surface area contributed by atoms with E-state index >= 15 is 0 Å². The summed E-state index contributed by atoms with van der Waals surface area (Å²) in [6.07, 6.45) is 7.21. The van der Waals surface area contributed by atoms with E-state index in [0.717, 1.165) is 45.4 Å². The molecule has 2 aliphatic rings. The second-order valence-electron chi connectivity index (χ2n) is 6.95. The molecule has 0 N–H and O–H groups in total. The SMILES string of the molecule is Cc1cnn(C[C@H]2CCCN2C(=O)CN2CCc3sccc3C2)c1. The number of rotatable bonds is 4. The van der Waals surface area contributed by atoms with Crippen LogP contribution in [-0.4, -0.2) is 51.2 Å². The number of fused-ring (bicyclic) bond motifs is 1. The molecular weight excluding hydrogens is 320 g/mol. The van der Waals surface area contributed by atoms with Crippen LogP contribution in [0.5, 0.6) is 0 Å². The van der Waals surface area contributed by atoms with Crippen LogP contribution in [0.4, 0.5) is 0 Å². The van der Waals surface area contributed by atoms with Gasteiger partial charge in [0.15, 0.2) is 0 Å². The lowest BCUT2D eigenvalue weighted by Crippen LogP contribution is -2.45. The van der Waals surface area contributed by atoms with E-state index in [1.165, 1.54) is 16.0 Å². The standard InChI is InChI=1S/C18H24N4OS/c1-14-9-19-21(10-14)12-16-3-2-6-22(16)18(23)13-20-7-4-17-15(11-20)5-8-24-17/h5,8-10,16H,2-4,6-7,11-13H2,1H3/t16-/m1/s1. The minimum atomic E-state index is 0.278. The number of carbonyl (C=O) groups is 1. The Morgan fingerprint density at radius 3 is 3.17 bits per heavy atom. The molecule has 0 bridgehead atoms. The molecular formula is C18H24N4OS. The average molecular weight is 344 g/mol. The average Bonchev–Trinajstić information content (AvgIpc) is 3.28. The largest absolute Gasteiger partial charge is 0.337 e. The molecule has 5 nitrogen and oxygen atoms in total. The lowest BCUT2D eigenvalue weighted by atomic mass is 10.1. The Morgan fingerprint density at radius 1 is 1.42 bits per heavy atom.